The largest absolute Gasteiger partial charge is 0.394 e. The van der Waals surface area contributed by atoms with E-state index in [1.54, 1.807) is 6.08 Å². The molecule has 86 heavy (non-hydrogen) atoms. The van der Waals surface area contributed by atoms with Gasteiger partial charge in [0.2, 0.25) is 5.91 Å². The second-order valence-corrected chi connectivity index (χ2v) is 25.4. The Hall–Kier alpha value is -2.05. The molecule has 1 amide bonds. The Balaban J connectivity index is 1.55. The second kappa shape index (κ2) is 56.9. The summed E-state index contributed by atoms with van der Waals surface area (Å²) in [5, 5.41) is 87.2. The van der Waals surface area contributed by atoms with E-state index < -0.39 is 86.8 Å². The van der Waals surface area contributed by atoms with Gasteiger partial charge in [0.15, 0.2) is 12.6 Å². The van der Waals surface area contributed by atoms with Gasteiger partial charge in [-0.05, 0) is 57.8 Å². The van der Waals surface area contributed by atoms with Gasteiger partial charge in [0.05, 0.1) is 32.0 Å². The number of hydrogen-bond donors (Lipinski definition) is 9. The first-order valence-corrected chi connectivity index (χ1v) is 35.9. The number of carbonyl (C=O) groups is 1. The van der Waals surface area contributed by atoms with Crippen molar-refractivity contribution >= 4 is 5.91 Å². The summed E-state index contributed by atoms with van der Waals surface area (Å²) in [4.78, 5) is 13.3. The van der Waals surface area contributed by atoms with Gasteiger partial charge in [0.1, 0.15) is 48.8 Å². The summed E-state index contributed by atoms with van der Waals surface area (Å²) in [5.41, 5.74) is 0. The molecule has 14 nitrogen and oxygen atoms in total. The molecule has 2 heterocycles. The first kappa shape index (κ1) is 80.0. The summed E-state index contributed by atoms with van der Waals surface area (Å²) in [5.74, 6) is -0.235. The smallest absolute Gasteiger partial charge is 0.220 e. The van der Waals surface area contributed by atoms with Crippen LogP contribution in [0, 0.1) is 0 Å². The number of aliphatic hydroxyl groups is 8. The molecule has 504 valence electrons. The number of hydrogen-bond acceptors (Lipinski definition) is 13. The fourth-order valence-corrected chi connectivity index (χ4v) is 11.8. The second-order valence-electron chi connectivity index (χ2n) is 25.4. The van der Waals surface area contributed by atoms with Crippen LogP contribution in [-0.4, -0.2) is 140 Å². The van der Waals surface area contributed by atoms with Crippen LogP contribution in [0.5, 0.6) is 0 Å². The van der Waals surface area contributed by atoms with Crippen LogP contribution in [0.3, 0.4) is 0 Å². The minimum Gasteiger partial charge on any atom is -0.394 e. The predicted molar refractivity (Wildman–Crippen MR) is 351 cm³/mol. The van der Waals surface area contributed by atoms with E-state index in [0.717, 1.165) is 51.4 Å². The highest BCUT2D eigenvalue weighted by atomic mass is 16.7. The average Bonchev–Trinajstić information content (AvgIpc) is 2.76. The Bertz CT molecular complexity index is 1630. The Labute approximate surface area is 524 Å². The van der Waals surface area contributed by atoms with Crippen molar-refractivity contribution in [2.75, 3.05) is 19.8 Å². The van der Waals surface area contributed by atoms with Crippen molar-refractivity contribution in [3.8, 4) is 0 Å². The number of carbonyl (C=O) groups excluding carboxylic acids is 1. The van der Waals surface area contributed by atoms with Gasteiger partial charge in [0, 0.05) is 6.42 Å². The van der Waals surface area contributed by atoms with Gasteiger partial charge in [-0.15, -0.1) is 0 Å². The molecule has 2 saturated heterocycles. The van der Waals surface area contributed by atoms with E-state index in [2.05, 4.69) is 55.6 Å². The van der Waals surface area contributed by atoms with E-state index in [1.807, 2.05) is 6.08 Å². The number of unbranched alkanes of at least 4 members (excludes halogenated alkanes) is 40. The molecule has 0 saturated carbocycles. The van der Waals surface area contributed by atoms with Gasteiger partial charge in [-0.3, -0.25) is 4.79 Å². The molecule has 2 aliphatic rings. The van der Waals surface area contributed by atoms with Gasteiger partial charge in [-0.2, -0.15) is 0 Å². The molecule has 2 rings (SSSR count). The van der Waals surface area contributed by atoms with Crippen molar-refractivity contribution in [1.82, 2.24) is 5.32 Å². The number of aliphatic hydroxyl groups excluding tert-OH is 8. The molecule has 0 bridgehead atoms. The van der Waals surface area contributed by atoms with Crippen LogP contribution in [0.25, 0.3) is 0 Å². The lowest BCUT2D eigenvalue weighted by atomic mass is 9.97. The average molecular weight is 1220 g/mol. The van der Waals surface area contributed by atoms with Crippen molar-refractivity contribution in [1.29, 1.82) is 0 Å². The number of amides is 1. The molecule has 2 aliphatic heterocycles. The van der Waals surface area contributed by atoms with E-state index in [0.29, 0.717) is 6.42 Å². The maximum Gasteiger partial charge on any atom is 0.220 e. The molecule has 12 unspecified atom stereocenters. The highest BCUT2D eigenvalue weighted by Gasteiger charge is 2.51. The molecule has 12 atom stereocenters. The number of nitrogens with one attached hydrogen (secondary N) is 1. The molecular weight excluding hydrogens is 1090 g/mol. The summed E-state index contributed by atoms with van der Waals surface area (Å²) < 4.78 is 22.8. The van der Waals surface area contributed by atoms with Crippen LogP contribution in [0.2, 0.25) is 0 Å². The Morgan fingerprint density at radius 2 is 0.767 bits per heavy atom. The predicted octanol–water partition coefficient (Wildman–Crippen LogP) is 14.7. The maximum absolute atomic E-state index is 13.3. The molecule has 0 spiro atoms. The Morgan fingerprint density at radius 3 is 1.17 bits per heavy atom. The highest BCUT2D eigenvalue weighted by molar-refractivity contribution is 5.76. The SMILES string of the molecule is CCCCCCC/C=C\C/C=C\C/C=C\CCCCCCCCCCCCCCCCCCCCCCCCCCC(=O)NC(COC1OC(CO)C(OC2OC(CO)C(O)C(O)C2O)C(O)C1O)C(O)/C=C/CCCCCCCCCCCCC. The first-order valence-electron chi connectivity index (χ1n) is 35.9. The minimum absolute atomic E-state index is 0.235. The Kier molecular flexibility index (Phi) is 53.0. The van der Waals surface area contributed by atoms with Crippen molar-refractivity contribution in [2.45, 2.75) is 383 Å². The molecule has 0 aliphatic carbocycles. The standard InChI is InChI=1S/C72H133NO13/c1-3-5-7-9-11-13-15-17-18-19-20-21-22-23-24-25-26-27-28-29-30-31-32-33-34-35-36-37-38-39-40-41-42-44-46-48-50-52-54-56-64(77)73-60(61(76)55-53-51-49-47-45-43-16-14-12-10-8-6-4-2)59-83-71-69(82)67(80)70(63(58-75)85-71)86-72-68(81)66(79)65(78)62(57-74)84-72/h15,17,19-20,22-23,53,55,60-63,65-72,74-76,78-82H,3-14,16,18,21,24-52,54,56-59H2,1-2H3,(H,73,77)/b17-15-,20-19-,23-22-,55-53+. The van der Waals surface area contributed by atoms with Crippen LogP contribution in [0.1, 0.15) is 309 Å². The number of ether oxygens (including phenoxy) is 4. The molecule has 14 heteroatoms. The van der Waals surface area contributed by atoms with Crippen LogP contribution in [0.15, 0.2) is 48.6 Å². The lowest BCUT2D eigenvalue weighted by molar-refractivity contribution is -0.359. The third-order valence-corrected chi connectivity index (χ3v) is 17.5. The van der Waals surface area contributed by atoms with Gasteiger partial charge in [0.25, 0.3) is 0 Å². The molecule has 0 aromatic rings. The topological polar surface area (TPSA) is 228 Å². The van der Waals surface area contributed by atoms with Crippen LogP contribution in [0.4, 0.5) is 0 Å². The third-order valence-electron chi connectivity index (χ3n) is 17.5. The van der Waals surface area contributed by atoms with Gasteiger partial charge < -0.3 is 65.1 Å². The zero-order valence-electron chi connectivity index (χ0n) is 54.8. The van der Waals surface area contributed by atoms with E-state index in [4.69, 9.17) is 18.9 Å². The molecule has 2 fully saturated rings. The van der Waals surface area contributed by atoms with E-state index in [9.17, 15) is 45.6 Å². The van der Waals surface area contributed by atoms with Crippen molar-refractivity contribution < 1.29 is 64.6 Å². The lowest BCUT2D eigenvalue weighted by Gasteiger charge is -2.46. The molecule has 9 N–H and O–H groups in total. The van der Waals surface area contributed by atoms with Crippen molar-refractivity contribution in [3.05, 3.63) is 48.6 Å². The summed E-state index contributed by atoms with van der Waals surface area (Å²) >= 11 is 0. The van der Waals surface area contributed by atoms with Crippen molar-refractivity contribution in [3.63, 3.8) is 0 Å². The zero-order chi connectivity index (χ0) is 62.3. The first-order chi connectivity index (χ1) is 42.1. The normalized spacial score (nSPS) is 23.7. The van der Waals surface area contributed by atoms with Gasteiger partial charge >= 0.3 is 0 Å². The van der Waals surface area contributed by atoms with Gasteiger partial charge in [-0.1, -0.05) is 294 Å². The fraction of sp³-hybridized carbons (Fsp3) is 0.875. The molecule has 0 radical (unpaired) electrons. The lowest BCUT2D eigenvalue weighted by Crippen LogP contribution is -2.65. The molecular formula is C72H133NO13. The number of rotatable bonds is 59. The van der Waals surface area contributed by atoms with E-state index in [1.165, 1.54) is 231 Å². The summed E-state index contributed by atoms with van der Waals surface area (Å²) in [7, 11) is 0. The molecule has 0 aromatic carbocycles. The fourth-order valence-electron chi connectivity index (χ4n) is 11.8. The van der Waals surface area contributed by atoms with E-state index in [-0.39, 0.29) is 18.9 Å². The number of allylic oxidation sites excluding steroid dienone is 7. The summed E-state index contributed by atoms with van der Waals surface area (Å²) in [6, 6.07) is -0.913. The van der Waals surface area contributed by atoms with Crippen LogP contribution >= 0.6 is 0 Å². The zero-order valence-corrected chi connectivity index (χ0v) is 54.8. The molecule has 0 aromatic heterocycles. The van der Waals surface area contributed by atoms with Crippen LogP contribution in [-0.2, 0) is 23.7 Å². The monoisotopic (exact) mass is 1220 g/mol. The highest BCUT2D eigenvalue weighted by Crippen LogP contribution is 2.30. The minimum atomic E-state index is -1.79. The quantitative estimate of drug-likeness (QED) is 0.0204. The maximum atomic E-state index is 13.3. The van der Waals surface area contributed by atoms with Crippen LogP contribution < -0.4 is 5.32 Å². The van der Waals surface area contributed by atoms with E-state index >= 15 is 0 Å². The van der Waals surface area contributed by atoms with Crippen molar-refractivity contribution in [2.24, 2.45) is 0 Å². The summed E-state index contributed by atoms with van der Waals surface area (Å²) in [6.45, 7) is 2.80. The summed E-state index contributed by atoms with van der Waals surface area (Å²) in [6.07, 6.45) is 57.7. The Morgan fingerprint density at radius 1 is 0.419 bits per heavy atom. The third kappa shape index (κ3) is 40.6. The van der Waals surface area contributed by atoms with Gasteiger partial charge in [-0.25, -0.2) is 0 Å².